The Kier molecular flexibility index (Phi) is 4.56. The van der Waals surface area contributed by atoms with Gasteiger partial charge >= 0.3 is 0 Å². The van der Waals surface area contributed by atoms with Crippen LogP contribution < -0.4 is 9.46 Å². The normalized spacial score (nSPS) is 11.3. The molecule has 0 atom stereocenters. The molecule has 2 N–H and O–H groups in total. The van der Waals surface area contributed by atoms with Crippen molar-refractivity contribution >= 4 is 43.2 Å². The van der Waals surface area contributed by atoms with Crippen molar-refractivity contribution in [2.75, 3.05) is 11.3 Å². The molecule has 0 fully saturated rings. The van der Waals surface area contributed by atoms with Crippen molar-refractivity contribution in [1.29, 1.82) is 0 Å². The fraction of sp³-hybridized carbons (Fsp3) is 0.182. The van der Waals surface area contributed by atoms with Crippen molar-refractivity contribution in [3.05, 3.63) is 33.9 Å². The lowest BCUT2D eigenvalue weighted by Gasteiger charge is -2.14. The second kappa shape index (κ2) is 6.02. The van der Waals surface area contributed by atoms with E-state index in [4.69, 9.17) is 16.3 Å². The van der Waals surface area contributed by atoms with Gasteiger partial charge in [-0.2, -0.15) is 13.5 Å². The lowest BCUT2D eigenvalue weighted by molar-refractivity contribution is 0.340. The summed E-state index contributed by atoms with van der Waals surface area (Å²) in [5.41, 5.74) is 0.251. The first-order chi connectivity index (χ1) is 9.44. The molecule has 6 nitrogen and oxygen atoms in total. The number of sulfonamides is 1. The zero-order valence-electron chi connectivity index (χ0n) is 10.4. The van der Waals surface area contributed by atoms with Crippen LogP contribution in [0.3, 0.4) is 0 Å². The maximum Gasteiger partial charge on any atom is 0.278 e. The van der Waals surface area contributed by atoms with E-state index >= 15 is 0 Å². The molecule has 2 aromatic rings. The minimum Gasteiger partial charge on any atom is -0.490 e. The number of hydrogen-bond acceptors (Lipinski definition) is 4. The fourth-order valence-electron chi connectivity index (χ4n) is 1.52. The van der Waals surface area contributed by atoms with E-state index in [0.29, 0.717) is 21.9 Å². The third-order valence-corrected chi connectivity index (χ3v) is 4.41. The minimum atomic E-state index is -3.77. The number of aromatic nitrogens is 2. The van der Waals surface area contributed by atoms with E-state index in [2.05, 4.69) is 30.8 Å². The first kappa shape index (κ1) is 15.1. The van der Waals surface area contributed by atoms with Gasteiger partial charge in [-0.25, -0.2) is 0 Å². The molecule has 108 valence electrons. The van der Waals surface area contributed by atoms with Crippen molar-refractivity contribution in [2.45, 2.75) is 11.9 Å². The lowest BCUT2D eigenvalue weighted by Crippen LogP contribution is -2.14. The summed E-state index contributed by atoms with van der Waals surface area (Å²) in [5, 5.41) is 6.34. The summed E-state index contributed by atoms with van der Waals surface area (Å²) in [6.07, 6.45) is 1.35. The van der Waals surface area contributed by atoms with Crippen LogP contribution in [0.25, 0.3) is 0 Å². The third kappa shape index (κ3) is 3.25. The average molecular weight is 381 g/mol. The SMILES string of the molecule is CCOc1c(Br)cc(Cl)cc1NS(=O)(=O)c1ccn[nH]1. The molecule has 1 heterocycles. The highest BCUT2D eigenvalue weighted by Gasteiger charge is 2.19. The molecule has 9 heteroatoms. The number of rotatable bonds is 5. The van der Waals surface area contributed by atoms with Crippen LogP contribution in [-0.4, -0.2) is 25.2 Å². The van der Waals surface area contributed by atoms with Gasteiger partial charge in [0.25, 0.3) is 10.0 Å². The zero-order valence-corrected chi connectivity index (χ0v) is 13.5. The molecule has 1 aromatic heterocycles. The summed E-state index contributed by atoms with van der Waals surface area (Å²) >= 11 is 9.23. The fourth-order valence-corrected chi connectivity index (χ4v) is 3.41. The van der Waals surface area contributed by atoms with Crippen LogP contribution in [-0.2, 0) is 10.0 Å². The number of halogens is 2. The Balaban J connectivity index is 2.43. The van der Waals surface area contributed by atoms with Crippen LogP contribution in [0.2, 0.25) is 5.02 Å². The summed E-state index contributed by atoms with van der Waals surface area (Å²) in [7, 11) is -3.77. The van der Waals surface area contributed by atoms with Crippen molar-refractivity contribution in [1.82, 2.24) is 10.2 Å². The molecule has 2 rings (SSSR count). The highest BCUT2D eigenvalue weighted by Crippen LogP contribution is 2.37. The van der Waals surface area contributed by atoms with Gasteiger partial charge < -0.3 is 4.74 Å². The van der Waals surface area contributed by atoms with Crippen LogP contribution in [0.1, 0.15) is 6.92 Å². The molecule has 0 aliphatic heterocycles. The number of H-pyrrole nitrogens is 1. The van der Waals surface area contributed by atoms with E-state index in [-0.39, 0.29) is 10.7 Å². The Morgan fingerprint density at radius 2 is 2.25 bits per heavy atom. The Morgan fingerprint density at radius 1 is 1.50 bits per heavy atom. The maximum atomic E-state index is 12.1. The van der Waals surface area contributed by atoms with Crippen LogP contribution in [0.5, 0.6) is 5.75 Å². The van der Waals surface area contributed by atoms with Gasteiger partial charge in [0.15, 0.2) is 10.8 Å². The van der Waals surface area contributed by atoms with Crippen molar-refractivity contribution < 1.29 is 13.2 Å². The Hall–Kier alpha value is -1.25. The van der Waals surface area contributed by atoms with Gasteiger partial charge in [-0.15, -0.1) is 0 Å². The number of aromatic amines is 1. The number of benzene rings is 1. The van der Waals surface area contributed by atoms with Crippen LogP contribution in [0, 0.1) is 0 Å². The average Bonchev–Trinajstić information content (AvgIpc) is 2.87. The molecule has 0 unspecified atom stereocenters. The van der Waals surface area contributed by atoms with Crippen molar-refractivity contribution in [2.24, 2.45) is 0 Å². The predicted octanol–water partition coefficient (Wildman–Crippen LogP) is 3.03. The van der Waals surface area contributed by atoms with Gasteiger partial charge in [0.05, 0.1) is 23.0 Å². The molecular formula is C11H11BrClN3O3S. The molecule has 0 radical (unpaired) electrons. The molecule has 0 aliphatic carbocycles. The number of anilines is 1. The van der Waals surface area contributed by atoms with Gasteiger partial charge in [0.1, 0.15) is 0 Å². The van der Waals surface area contributed by atoms with E-state index in [1.807, 2.05) is 0 Å². The molecule has 20 heavy (non-hydrogen) atoms. The number of ether oxygens (including phenoxy) is 1. The summed E-state index contributed by atoms with van der Waals surface area (Å²) in [6.45, 7) is 2.19. The van der Waals surface area contributed by atoms with Crippen molar-refractivity contribution in [3.63, 3.8) is 0 Å². The second-order valence-electron chi connectivity index (χ2n) is 3.72. The van der Waals surface area contributed by atoms with Crippen molar-refractivity contribution in [3.8, 4) is 5.75 Å². The lowest BCUT2D eigenvalue weighted by atomic mass is 10.3. The molecule has 0 saturated carbocycles. The highest BCUT2D eigenvalue weighted by atomic mass is 79.9. The van der Waals surface area contributed by atoms with E-state index < -0.39 is 10.0 Å². The summed E-state index contributed by atoms with van der Waals surface area (Å²) in [4.78, 5) is 0. The standard InChI is InChI=1S/C11H11BrClN3O3S/c1-2-19-11-8(12)5-7(13)6-9(11)16-20(17,18)10-3-4-14-15-10/h3-6,16H,2H2,1H3,(H,14,15). The highest BCUT2D eigenvalue weighted by molar-refractivity contribution is 9.10. The second-order valence-corrected chi connectivity index (χ2v) is 6.67. The summed E-state index contributed by atoms with van der Waals surface area (Å²) < 4.78 is 32.7. The third-order valence-electron chi connectivity index (χ3n) is 2.31. The van der Waals surface area contributed by atoms with Gasteiger partial charge in [-0.05, 0) is 41.1 Å². The van der Waals surface area contributed by atoms with E-state index in [9.17, 15) is 8.42 Å². The van der Waals surface area contributed by atoms with E-state index in [0.717, 1.165) is 0 Å². The predicted molar refractivity (Wildman–Crippen MR) is 79.7 cm³/mol. The van der Waals surface area contributed by atoms with Gasteiger partial charge in [0.2, 0.25) is 0 Å². The smallest absolute Gasteiger partial charge is 0.278 e. The molecule has 1 aromatic carbocycles. The Bertz CT molecular complexity index is 704. The minimum absolute atomic E-state index is 0.0453. The molecule has 0 saturated heterocycles. The van der Waals surface area contributed by atoms with Gasteiger partial charge in [-0.1, -0.05) is 11.6 Å². The zero-order chi connectivity index (χ0) is 14.8. The summed E-state index contributed by atoms with van der Waals surface area (Å²) in [6, 6.07) is 4.45. The van der Waals surface area contributed by atoms with Gasteiger partial charge in [0, 0.05) is 5.02 Å². The van der Waals surface area contributed by atoms with Crippen LogP contribution >= 0.6 is 27.5 Å². The number of nitrogens with zero attached hydrogens (tertiary/aromatic N) is 1. The Morgan fingerprint density at radius 3 is 2.85 bits per heavy atom. The molecular weight excluding hydrogens is 370 g/mol. The first-order valence-electron chi connectivity index (χ1n) is 5.58. The maximum absolute atomic E-state index is 12.1. The monoisotopic (exact) mass is 379 g/mol. The first-order valence-corrected chi connectivity index (χ1v) is 8.23. The quantitative estimate of drug-likeness (QED) is 0.835. The molecule has 0 spiro atoms. The molecule has 0 aliphatic rings. The molecule has 0 amide bonds. The largest absolute Gasteiger partial charge is 0.490 e. The topological polar surface area (TPSA) is 84.1 Å². The molecule has 0 bridgehead atoms. The van der Waals surface area contributed by atoms with Gasteiger partial charge in [-0.3, -0.25) is 9.82 Å². The Labute approximate surface area is 129 Å². The number of hydrogen-bond donors (Lipinski definition) is 2. The van der Waals surface area contributed by atoms with E-state index in [1.165, 1.54) is 18.3 Å². The summed E-state index contributed by atoms with van der Waals surface area (Å²) in [5.74, 6) is 0.375. The van der Waals surface area contributed by atoms with Crippen LogP contribution in [0.4, 0.5) is 5.69 Å². The van der Waals surface area contributed by atoms with Crippen LogP contribution in [0.15, 0.2) is 33.9 Å². The van der Waals surface area contributed by atoms with E-state index in [1.54, 1.807) is 13.0 Å². The number of nitrogens with one attached hydrogen (secondary N) is 2.